The third kappa shape index (κ3) is 56.5. The number of carbonyl (C=O) groups is 1. The van der Waals surface area contributed by atoms with E-state index in [0.717, 1.165) is 96.3 Å². The molecule has 0 aliphatic carbocycles. The van der Waals surface area contributed by atoms with Crippen molar-refractivity contribution in [2.75, 3.05) is 40.9 Å². The first kappa shape index (κ1) is 69.9. The largest absolute Gasteiger partial charge is 0.472 e. The van der Waals surface area contributed by atoms with Crippen molar-refractivity contribution in [2.45, 2.75) is 238 Å². The van der Waals surface area contributed by atoms with Crippen molar-refractivity contribution in [3.63, 3.8) is 0 Å². The lowest BCUT2D eigenvalue weighted by Gasteiger charge is -2.25. The molecule has 418 valence electrons. The van der Waals surface area contributed by atoms with E-state index in [2.05, 4.69) is 129 Å². The maximum absolute atomic E-state index is 12.9. The van der Waals surface area contributed by atoms with Crippen LogP contribution in [0, 0.1) is 0 Å². The highest BCUT2D eigenvalue weighted by molar-refractivity contribution is 7.47. The lowest BCUT2D eigenvalue weighted by Crippen LogP contribution is -2.45. The van der Waals surface area contributed by atoms with Crippen molar-refractivity contribution in [3.8, 4) is 0 Å². The summed E-state index contributed by atoms with van der Waals surface area (Å²) >= 11 is 0. The van der Waals surface area contributed by atoms with Crippen LogP contribution in [0.5, 0.6) is 0 Å². The second kappa shape index (κ2) is 53.7. The molecular formula is C64H112N2O6P+. The molecule has 0 bridgehead atoms. The molecule has 0 radical (unpaired) electrons. The Balaban J connectivity index is 3.91. The topological polar surface area (TPSA) is 105 Å². The van der Waals surface area contributed by atoms with Gasteiger partial charge in [0.15, 0.2) is 0 Å². The van der Waals surface area contributed by atoms with Gasteiger partial charge in [0.2, 0.25) is 5.91 Å². The number of aliphatic hydroxyl groups excluding tert-OH is 1. The van der Waals surface area contributed by atoms with E-state index in [1.807, 2.05) is 27.2 Å². The lowest BCUT2D eigenvalue weighted by molar-refractivity contribution is -0.870. The first-order chi connectivity index (χ1) is 35.5. The van der Waals surface area contributed by atoms with E-state index in [1.165, 1.54) is 109 Å². The molecule has 3 N–H and O–H groups in total. The predicted octanol–water partition coefficient (Wildman–Crippen LogP) is 18.1. The van der Waals surface area contributed by atoms with Gasteiger partial charge in [-0.3, -0.25) is 13.8 Å². The number of nitrogens with one attached hydrogen (secondary N) is 1. The van der Waals surface area contributed by atoms with E-state index in [0.29, 0.717) is 17.4 Å². The predicted molar refractivity (Wildman–Crippen MR) is 318 cm³/mol. The third-order valence-electron chi connectivity index (χ3n) is 12.4. The second-order valence-electron chi connectivity index (χ2n) is 20.6. The number of hydrogen-bond donors (Lipinski definition) is 3. The Morgan fingerprint density at radius 3 is 1.21 bits per heavy atom. The maximum Gasteiger partial charge on any atom is 0.472 e. The number of amides is 1. The summed E-state index contributed by atoms with van der Waals surface area (Å²) in [6, 6.07) is -0.873. The minimum absolute atomic E-state index is 0.0497. The molecule has 1 amide bonds. The number of nitrogens with zero attached hydrogens (tertiary/aromatic N) is 1. The van der Waals surface area contributed by atoms with Gasteiger partial charge in [-0.15, -0.1) is 0 Å². The van der Waals surface area contributed by atoms with E-state index >= 15 is 0 Å². The first-order valence-electron chi connectivity index (χ1n) is 29.4. The quantitative estimate of drug-likeness (QED) is 0.0243. The number of likely N-dealkylation sites (N-methyl/N-ethyl adjacent to an activating group) is 1. The zero-order valence-electron chi connectivity index (χ0n) is 47.6. The summed E-state index contributed by atoms with van der Waals surface area (Å²) in [6.07, 6.45) is 80.6. The van der Waals surface area contributed by atoms with E-state index < -0.39 is 20.0 Å². The van der Waals surface area contributed by atoms with Gasteiger partial charge in [0.1, 0.15) is 13.2 Å². The monoisotopic (exact) mass is 1040 g/mol. The Bertz CT molecular complexity index is 1600. The minimum atomic E-state index is -4.35. The van der Waals surface area contributed by atoms with Crippen molar-refractivity contribution >= 4 is 13.7 Å². The summed E-state index contributed by atoms with van der Waals surface area (Å²) in [4.78, 5) is 23.2. The van der Waals surface area contributed by atoms with Crippen molar-refractivity contribution in [1.82, 2.24) is 5.32 Å². The zero-order valence-corrected chi connectivity index (χ0v) is 48.5. The van der Waals surface area contributed by atoms with Crippen LogP contribution in [-0.2, 0) is 18.4 Å². The molecule has 0 fully saturated rings. The molecule has 9 heteroatoms. The van der Waals surface area contributed by atoms with E-state index in [4.69, 9.17) is 9.05 Å². The number of hydrogen-bond acceptors (Lipinski definition) is 5. The van der Waals surface area contributed by atoms with Crippen molar-refractivity contribution < 1.29 is 32.9 Å². The number of phosphoric ester groups is 1. The summed E-state index contributed by atoms with van der Waals surface area (Å²) < 4.78 is 23.6. The molecule has 73 heavy (non-hydrogen) atoms. The summed E-state index contributed by atoms with van der Waals surface area (Å²) in [5.41, 5.74) is 0. The second-order valence-corrected chi connectivity index (χ2v) is 22.0. The van der Waals surface area contributed by atoms with Crippen LogP contribution in [0.4, 0.5) is 0 Å². The van der Waals surface area contributed by atoms with Gasteiger partial charge in [0.25, 0.3) is 0 Å². The highest BCUT2D eigenvalue weighted by atomic mass is 31.2. The first-order valence-corrected chi connectivity index (χ1v) is 30.9. The SMILES string of the molecule is CC/C=C\C/C=C\C/C=C\C/C=C\C/C=C\C/C=C\C/C=C\CCCCCCCCCCCCCCCCCCCCCC(=O)NC(COP(=O)(O)OCC[N+](C)(C)C)C(O)/C=C/CC/C=C/CC/C=C/CC. The molecule has 0 aromatic heterocycles. The minimum Gasteiger partial charge on any atom is -0.387 e. The summed E-state index contributed by atoms with van der Waals surface area (Å²) in [5.74, 6) is -0.196. The van der Waals surface area contributed by atoms with Crippen molar-refractivity contribution in [3.05, 3.63) is 122 Å². The van der Waals surface area contributed by atoms with Crippen molar-refractivity contribution in [2.24, 2.45) is 0 Å². The van der Waals surface area contributed by atoms with Crippen LogP contribution in [0.2, 0.25) is 0 Å². The van der Waals surface area contributed by atoms with Crippen LogP contribution in [0.15, 0.2) is 122 Å². The maximum atomic E-state index is 12.9. The Hall–Kier alpha value is -3.10. The highest BCUT2D eigenvalue weighted by Gasteiger charge is 2.27. The van der Waals surface area contributed by atoms with E-state index in [-0.39, 0.29) is 19.1 Å². The van der Waals surface area contributed by atoms with Gasteiger partial charge in [-0.05, 0) is 96.3 Å². The Morgan fingerprint density at radius 1 is 0.466 bits per heavy atom. The molecular weight excluding hydrogens is 924 g/mol. The molecule has 0 heterocycles. The molecule has 3 atom stereocenters. The highest BCUT2D eigenvalue weighted by Crippen LogP contribution is 2.43. The number of unbranched alkanes of at least 4 members (excludes halogenated alkanes) is 21. The van der Waals surface area contributed by atoms with Crippen LogP contribution >= 0.6 is 7.82 Å². The van der Waals surface area contributed by atoms with Gasteiger partial charge in [-0.2, -0.15) is 0 Å². The fourth-order valence-electron chi connectivity index (χ4n) is 7.88. The molecule has 3 unspecified atom stereocenters. The third-order valence-corrected chi connectivity index (χ3v) is 13.4. The molecule has 0 saturated heterocycles. The van der Waals surface area contributed by atoms with Crippen LogP contribution in [0.1, 0.15) is 226 Å². The fraction of sp³-hybridized carbons (Fsp3) is 0.672. The molecule has 0 aliphatic rings. The standard InChI is InChI=1S/C64H111N2O6P/c1-6-8-10-12-14-16-18-19-20-21-22-23-24-25-26-27-28-29-30-31-32-33-34-35-36-37-38-39-40-41-42-43-44-45-46-47-48-50-52-54-56-58-64(68)65-62(61-72-73(69,70)71-60-59-66(3,4)5)63(67)57-55-53-51-49-17-15-13-11-9-7-2/h8-11,14,16-17,19-20,22-23,25-26,28-29,31-32,49,55,57,62-63,67H,6-7,12-13,15,18,21,24,27,30,33-48,50-54,56,58-61H2,1-5H3,(H-,65,68,69,70)/p+1/b10-8-,11-9+,16-14-,20-19-,23-22-,26-25-,29-28-,32-31-,49-17+,57-55+. The number of carbonyl (C=O) groups excluding carboxylic acids is 1. The molecule has 8 nitrogen and oxygen atoms in total. The van der Waals surface area contributed by atoms with Crippen LogP contribution in [0.3, 0.4) is 0 Å². The van der Waals surface area contributed by atoms with E-state index in [9.17, 15) is 19.4 Å². The smallest absolute Gasteiger partial charge is 0.387 e. The average molecular weight is 1040 g/mol. The Kier molecular flexibility index (Phi) is 51.4. The van der Waals surface area contributed by atoms with Gasteiger partial charge in [0.05, 0.1) is 39.9 Å². The summed E-state index contributed by atoms with van der Waals surface area (Å²) in [6.45, 7) is 4.53. The average Bonchev–Trinajstić information content (AvgIpc) is 3.35. The normalized spacial score (nSPS) is 14.8. The number of quaternary nitrogens is 1. The van der Waals surface area contributed by atoms with E-state index in [1.54, 1.807) is 6.08 Å². The van der Waals surface area contributed by atoms with Gasteiger partial charge in [-0.1, -0.05) is 245 Å². The van der Waals surface area contributed by atoms with Gasteiger partial charge >= 0.3 is 7.82 Å². The van der Waals surface area contributed by atoms with Gasteiger partial charge in [0, 0.05) is 6.42 Å². The van der Waals surface area contributed by atoms with Gasteiger partial charge < -0.3 is 19.8 Å². The molecule has 0 spiro atoms. The molecule has 0 saturated carbocycles. The number of rotatable bonds is 52. The summed E-state index contributed by atoms with van der Waals surface area (Å²) in [5, 5.41) is 13.8. The van der Waals surface area contributed by atoms with Crippen LogP contribution in [0.25, 0.3) is 0 Å². The summed E-state index contributed by atoms with van der Waals surface area (Å²) in [7, 11) is 1.54. The Morgan fingerprint density at radius 2 is 0.795 bits per heavy atom. The Labute approximate surface area is 450 Å². The number of aliphatic hydroxyl groups is 1. The lowest BCUT2D eigenvalue weighted by atomic mass is 10.0. The molecule has 0 aromatic carbocycles. The molecule has 0 aliphatic heterocycles. The molecule has 0 aromatic rings. The van der Waals surface area contributed by atoms with Gasteiger partial charge in [-0.25, -0.2) is 4.57 Å². The van der Waals surface area contributed by atoms with Crippen LogP contribution < -0.4 is 5.32 Å². The van der Waals surface area contributed by atoms with Crippen molar-refractivity contribution in [1.29, 1.82) is 0 Å². The number of allylic oxidation sites excluding steroid dienone is 19. The molecule has 0 rings (SSSR count). The van der Waals surface area contributed by atoms with Crippen LogP contribution in [-0.4, -0.2) is 73.4 Å². The zero-order chi connectivity index (χ0) is 53.5. The fourth-order valence-corrected chi connectivity index (χ4v) is 8.62. The number of phosphoric acid groups is 1.